The normalized spacial score (nSPS) is 9.18. The highest BCUT2D eigenvalue weighted by Crippen LogP contribution is 2.08. The second kappa shape index (κ2) is 3.06. The maximum Gasteiger partial charge on any atom is 0.151 e. The highest BCUT2D eigenvalue weighted by atomic mass is 15.3. The van der Waals surface area contributed by atoms with E-state index in [0.29, 0.717) is 6.54 Å². The van der Waals surface area contributed by atoms with E-state index in [4.69, 9.17) is 5.26 Å². The maximum absolute atomic E-state index is 8.28. The molecule has 11 heavy (non-hydrogen) atoms. The number of nitriles is 1. The van der Waals surface area contributed by atoms with Crippen molar-refractivity contribution in [3.8, 4) is 6.07 Å². The summed E-state index contributed by atoms with van der Waals surface area (Å²) < 4.78 is 1.72. The molecular weight excluding hydrogens is 140 g/mol. The van der Waals surface area contributed by atoms with Crippen LogP contribution in [0.3, 0.4) is 0 Å². The Labute approximate surface area is 65.4 Å². The van der Waals surface area contributed by atoms with Crippen LogP contribution in [0.25, 0.3) is 0 Å². The lowest BCUT2D eigenvalue weighted by molar-refractivity contribution is 0.769. The Morgan fingerprint density at radius 1 is 1.82 bits per heavy atom. The van der Waals surface area contributed by atoms with Crippen LogP contribution in [0.4, 0.5) is 5.82 Å². The zero-order valence-electron chi connectivity index (χ0n) is 6.63. The fourth-order valence-corrected chi connectivity index (χ4v) is 0.905. The molecule has 1 aromatic heterocycles. The number of anilines is 1. The summed E-state index contributed by atoms with van der Waals surface area (Å²) in [5, 5.41) is 15.3. The minimum Gasteiger partial charge on any atom is -0.355 e. The molecule has 0 saturated carbocycles. The first-order valence-electron chi connectivity index (χ1n) is 3.35. The Bertz CT molecular complexity index is 281. The van der Waals surface area contributed by atoms with Crippen molar-refractivity contribution in [2.75, 3.05) is 11.9 Å². The highest BCUT2D eigenvalue weighted by molar-refractivity contribution is 5.42. The monoisotopic (exact) mass is 150 g/mol. The lowest BCUT2D eigenvalue weighted by Crippen LogP contribution is -2.00. The number of aryl methyl sites for hydroxylation is 2. The molecule has 0 fully saturated rings. The average molecular weight is 150 g/mol. The third kappa shape index (κ3) is 1.71. The fourth-order valence-electron chi connectivity index (χ4n) is 0.905. The third-order valence-corrected chi connectivity index (χ3v) is 1.35. The van der Waals surface area contributed by atoms with Gasteiger partial charge in [0, 0.05) is 18.8 Å². The van der Waals surface area contributed by atoms with E-state index >= 15 is 0 Å². The van der Waals surface area contributed by atoms with Gasteiger partial charge in [0.1, 0.15) is 6.54 Å². The second-order valence-electron chi connectivity index (χ2n) is 2.35. The minimum atomic E-state index is 0.303. The summed E-state index contributed by atoms with van der Waals surface area (Å²) in [6.45, 7) is 2.25. The Balaban J connectivity index is 2.71. The molecule has 1 heterocycles. The first kappa shape index (κ1) is 7.61. The highest BCUT2D eigenvalue weighted by Gasteiger charge is 1.99. The van der Waals surface area contributed by atoms with Crippen molar-refractivity contribution < 1.29 is 0 Å². The van der Waals surface area contributed by atoms with Gasteiger partial charge in [-0.25, -0.2) is 0 Å². The number of hydrogen-bond acceptors (Lipinski definition) is 3. The van der Waals surface area contributed by atoms with Crippen molar-refractivity contribution in [2.24, 2.45) is 7.05 Å². The van der Waals surface area contributed by atoms with Gasteiger partial charge >= 0.3 is 0 Å². The summed E-state index contributed by atoms with van der Waals surface area (Å²) in [7, 11) is 1.85. The van der Waals surface area contributed by atoms with Crippen LogP contribution in [0, 0.1) is 18.3 Å². The van der Waals surface area contributed by atoms with Gasteiger partial charge in [0.15, 0.2) is 5.82 Å². The second-order valence-corrected chi connectivity index (χ2v) is 2.35. The molecule has 1 N–H and O–H groups in total. The SMILES string of the molecule is Cc1cn(C)nc1NCC#N. The predicted molar refractivity (Wildman–Crippen MR) is 42.0 cm³/mol. The van der Waals surface area contributed by atoms with E-state index in [9.17, 15) is 0 Å². The summed E-state index contributed by atoms with van der Waals surface area (Å²) in [4.78, 5) is 0. The topological polar surface area (TPSA) is 53.6 Å². The Hall–Kier alpha value is -1.50. The molecular formula is C7H10N4. The van der Waals surface area contributed by atoms with E-state index in [0.717, 1.165) is 11.4 Å². The van der Waals surface area contributed by atoms with Crippen LogP contribution in [0.5, 0.6) is 0 Å². The van der Waals surface area contributed by atoms with E-state index in [1.54, 1.807) is 4.68 Å². The molecule has 0 aliphatic carbocycles. The van der Waals surface area contributed by atoms with E-state index in [2.05, 4.69) is 10.4 Å². The van der Waals surface area contributed by atoms with Crippen LogP contribution in [0.15, 0.2) is 6.20 Å². The number of nitrogens with one attached hydrogen (secondary N) is 1. The Kier molecular flexibility index (Phi) is 2.12. The van der Waals surface area contributed by atoms with Gasteiger partial charge in [0.25, 0.3) is 0 Å². The lowest BCUT2D eigenvalue weighted by Gasteiger charge is -1.95. The van der Waals surface area contributed by atoms with Crippen LogP contribution in [0.1, 0.15) is 5.56 Å². The minimum absolute atomic E-state index is 0.303. The van der Waals surface area contributed by atoms with Crippen LogP contribution in [0.2, 0.25) is 0 Å². The van der Waals surface area contributed by atoms with Crippen LogP contribution < -0.4 is 5.32 Å². The molecule has 0 aromatic carbocycles. The van der Waals surface area contributed by atoms with E-state index in [1.165, 1.54) is 0 Å². The maximum atomic E-state index is 8.28. The smallest absolute Gasteiger partial charge is 0.151 e. The summed E-state index contributed by atoms with van der Waals surface area (Å²) in [6, 6.07) is 1.99. The molecule has 0 bridgehead atoms. The molecule has 0 unspecified atom stereocenters. The third-order valence-electron chi connectivity index (χ3n) is 1.35. The summed E-state index contributed by atoms with van der Waals surface area (Å²) in [5.41, 5.74) is 1.06. The predicted octanol–water partition coefficient (Wildman–Crippen LogP) is 0.664. The van der Waals surface area contributed by atoms with Crippen molar-refractivity contribution in [2.45, 2.75) is 6.92 Å². The Morgan fingerprint density at radius 2 is 2.55 bits per heavy atom. The first-order valence-corrected chi connectivity index (χ1v) is 3.35. The van der Waals surface area contributed by atoms with Gasteiger partial charge in [0.05, 0.1) is 6.07 Å². The van der Waals surface area contributed by atoms with Gasteiger partial charge in [-0.3, -0.25) is 4.68 Å². The summed E-state index contributed by atoms with van der Waals surface area (Å²) >= 11 is 0. The van der Waals surface area contributed by atoms with Gasteiger partial charge in [-0.15, -0.1) is 0 Å². The van der Waals surface area contributed by atoms with Gasteiger partial charge in [-0.05, 0) is 6.92 Å². The molecule has 0 atom stereocenters. The van der Waals surface area contributed by atoms with Crippen molar-refractivity contribution >= 4 is 5.82 Å². The summed E-state index contributed by atoms with van der Waals surface area (Å²) in [5.74, 6) is 0.786. The molecule has 58 valence electrons. The van der Waals surface area contributed by atoms with Crippen molar-refractivity contribution in [1.29, 1.82) is 5.26 Å². The van der Waals surface area contributed by atoms with Crippen molar-refractivity contribution in [3.05, 3.63) is 11.8 Å². The number of aromatic nitrogens is 2. The molecule has 0 aliphatic heterocycles. The van der Waals surface area contributed by atoms with E-state index < -0.39 is 0 Å². The van der Waals surface area contributed by atoms with E-state index in [-0.39, 0.29) is 0 Å². The standard InChI is InChI=1S/C7H10N4/c1-6-5-11(2)10-7(6)9-4-3-8/h5H,4H2,1-2H3,(H,9,10). The zero-order chi connectivity index (χ0) is 8.27. The van der Waals surface area contributed by atoms with Gasteiger partial charge in [0.2, 0.25) is 0 Å². The van der Waals surface area contributed by atoms with Gasteiger partial charge in [-0.1, -0.05) is 0 Å². The van der Waals surface area contributed by atoms with Crippen LogP contribution >= 0.6 is 0 Å². The van der Waals surface area contributed by atoms with Crippen LogP contribution in [-0.2, 0) is 7.05 Å². The van der Waals surface area contributed by atoms with Crippen LogP contribution in [-0.4, -0.2) is 16.3 Å². The van der Waals surface area contributed by atoms with Gasteiger partial charge < -0.3 is 5.32 Å². The van der Waals surface area contributed by atoms with Crippen molar-refractivity contribution in [3.63, 3.8) is 0 Å². The lowest BCUT2D eigenvalue weighted by atomic mass is 10.4. The molecule has 0 amide bonds. The average Bonchev–Trinajstić information content (AvgIpc) is 2.26. The zero-order valence-corrected chi connectivity index (χ0v) is 6.63. The number of rotatable bonds is 2. The molecule has 0 radical (unpaired) electrons. The quantitative estimate of drug-likeness (QED) is 0.630. The molecule has 0 aliphatic rings. The molecule has 1 rings (SSSR count). The molecule has 0 spiro atoms. The number of hydrogen-bond donors (Lipinski definition) is 1. The van der Waals surface area contributed by atoms with E-state index in [1.807, 2.05) is 26.2 Å². The molecule has 1 aromatic rings. The van der Waals surface area contributed by atoms with Crippen molar-refractivity contribution in [1.82, 2.24) is 9.78 Å². The fraction of sp³-hybridized carbons (Fsp3) is 0.429. The molecule has 4 nitrogen and oxygen atoms in total. The number of nitrogens with zero attached hydrogens (tertiary/aromatic N) is 3. The first-order chi connectivity index (χ1) is 5.24. The summed E-state index contributed by atoms with van der Waals surface area (Å²) in [6.07, 6.45) is 1.90. The molecule has 4 heteroatoms. The van der Waals surface area contributed by atoms with Gasteiger partial charge in [-0.2, -0.15) is 10.4 Å². The molecule has 0 saturated heterocycles. The Morgan fingerprint density at radius 3 is 3.00 bits per heavy atom. The largest absolute Gasteiger partial charge is 0.355 e.